The lowest BCUT2D eigenvalue weighted by Crippen LogP contribution is -2.47. The summed E-state index contributed by atoms with van der Waals surface area (Å²) in [6, 6.07) is 6.97. The first-order valence-corrected chi connectivity index (χ1v) is 7.00. The van der Waals surface area contributed by atoms with E-state index in [1.54, 1.807) is 12.1 Å². The fourth-order valence-corrected chi connectivity index (χ4v) is 3.02. The van der Waals surface area contributed by atoms with Gasteiger partial charge in [0, 0.05) is 31.5 Å². The van der Waals surface area contributed by atoms with E-state index in [-0.39, 0.29) is 11.4 Å². The van der Waals surface area contributed by atoms with Crippen LogP contribution in [0, 0.1) is 5.82 Å². The van der Waals surface area contributed by atoms with Gasteiger partial charge in [0.25, 0.3) is 0 Å². The summed E-state index contributed by atoms with van der Waals surface area (Å²) in [7, 11) is 0. The van der Waals surface area contributed by atoms with Crippen LogP contribution in [0.2, 0.25) is 0 Å². The minimum absolute atomic E-state index is 0.00576. The van der Waals surface area contributed by atoms with Gasteiger partial charge in [0.1, 0.15) is 5.82 Å². The van der Waals surface area contributed by atoms with Gasteiger partial charge in [0.15, 0.2) is 0 Å². The molecule has 2 saturated heterocycles. The summed E-state index contributed by atoms with van der Waals surface area (Å²) in [4.78, 5) is 0. The number of benzene rings is 1. The summed E-state index contributed by atoms with van der Waals surface area (Å²) in [5.74, 6) is -0.196. The molecule has 2 fully saturated rings. The van der Waals surface area contributed by atoms with Crippen molar-refractivity contribution < 1.29 is 13.9 Å². The van der Waals surface area contributed by atoms with Gasteiger partial charge >= 0.3 is 0 Å². The molecule has 1 N–H and O–H groups in total. The quantitative estimate of drug-likeness (QED) is 0.891. The Kier molecular flexibility index (Phi) is 3.71. The van der Waals surface area contributed by atoms with E-state index in [1.165, 1.54) is 12.1 Å². The van der Waals surface area contributed by atoms with Gasteiger partial charge < -0.3 is 14.8 Å². The number of hydrogen-bond donors (Lipinski definition) is 1. The highest BCUT2D eigenvalue weighted by atomic mass is 19.1. The average molecular weight is 265 g/mol. The highest BCUT2D eigenvalue weighted by molar-refractivity contribution is 5.43. The first kappa shape index (κ1) is 12.9. The summed E-state index contributed by atoms with van der Waals surface area (Å²) in [6.45, 7) is 2.38. The molecule has 3 nitrogen and oxygen atoms in total. The molecular formula is C15H20FNO2. The van der Waals surface area contributed by atoms with Gasteiger partial charge in [0.05, 0.1) is 5.60 Å². The molecule has 1 atom stereocenters. The van der Waals surface area contributed by atoms with Crippen LogP contribution in [-0.2, 0) is 9.47 Å². The fourth-order valence-electron chi connectivity index (χ4n) is 3.02. The number of nitrogens with one attached hydrogen (secondary N) is 1. The van der Waals surface area contributed by atoms with Crippen LogP contribution in [0.15, 0.2) is 24.3 Å². The number of halogens is 1. The summed E-state index contributed by atoms with van der Waals surface area (Å²) < 4.78 is 24.3. The zero-order valence-electron chi connectivity index (χ0n) is 11.0. The van der Waals surface area contributed by atoms with Crippen molar-refractivity contribution in [3.63, 3.8) is 0 Å². The van der Waals surface area contributed by atoms with Crippen LogP contribution >= 0.6 is 0 Å². The molecule has 104 valence electrons. The molecule has 0 amide bonds. The van der Waals surface area contributed by atoms with Crippen LogP contribution in [0.3, 0.4) is 0 Å². The first-order valence-electron chi connectivity index (χ1n) is 7.00. The first-order chi connectivity index (χ1) is 9.26. The highest BCUT2D eigenvalue weighted by Gasteiger charge is 2.38. The molecule has 0 aliphatic carbocycles. The summed E-state index contributed by atoms with van der Waals surface area (Å²) in [5, 5.41) is 3.49. The van der Waals surface area contributed by atoms with Crippen molar-refractivity contribution in [2.75, 3.05) is 25.1 Å². The second kappa shape index (κ2) is 5.47. The van der Waals surface area contributed by atoms with E-state index < -0.39 is 0 Å². The lowest BCUT2D eigenvalue weighted by molar-refractivity contribution is -0.135. The molecule has 19 heavy (non-hydrogen) atoms. The van der Waals surface area contributed by atoms with Crippen molar-refractivity contribution in [2.24, 2.45) is 0 Å². The smallest absolute Gasteiger partial charge is 0.123 e. The number of ether oxygens (including phenoxy) is 2. The Balaban J connectivity index is 1.63. The van der Waals surface area contributed by atoms with E-state index in [0.717, 1.165) is 51.2 Å². The van der Waals surface area contributed by atoms with E-state index in [0.29, 0.717) is 6.04 Å². The van der Waals surface area contributed by atoms with E-state index in [4.69, 9.17) is 9.47 Å². The monoisotopic (exact) mass is 265 g/mol. The SMILES string of the molecule is Fc1ccc(NC2CCOC3(CCOCC3)C2)cc1. The average Bonchev–Trinajstić information content (AvgIpc) is 2.42. The maximum Gasteiger partial charge on any atom is 0.123 e. The molecule has 0 saturated carbocycles. The lowest BCUT2D eigenvalue weighted by Gasteiger charge is -2.43. The molecule has 1 spiro atoms. The van der Waals surface area contributed by atoms with Gasteiger partial charge in [-0.15, -0.1) is 0 Å². The van der Waals surface area contributed by atoms with Crippen LogP contribution in [0.5, 0.6) is 0 Å². The van der Waals surface area contributed by atoms with E-state index >= 15 is 0 Å². The van der Waals surface area contributed by atoms with E-state index in [2.05, 4.69) is 5.32 Å². The molecule has 1 aromatic carbocycles. The molecule has 2 aliphatic rings. The fraction of sp³-hybridized carbons (Fsp3) is 0.600. The molecule has 0 bridgehead atoms. The predicted molar refractivity (Wildman–Crippen MR) is 71.8 cm³/mol. The van der Waals surface area contributed by atoms with Gasteiger partial charge in [0.2, 0.25) is 0 Å². The minimum Gasteiger partial charge on any atom is -0.382 e. The van der Waals surface area contributed by atoms with Crippen molar-refractivity contribution in [2.45, 2.75) is 37.3 Å². The van der Waals surface area contributed by atoms with Gasteiger partial charge in [-0.25, -0.2) is 4.39 Å². The van der Waals surface area contributed by atoms with E-state index in [1.807, 2.05) is 0 Å². The minimum atomic E-state index is -0.196. The summed E-state index contributed by atoms with van der Waals surface area (Å²) in [5.41, 5.74) is 0.976. The Morgan fingerprint density at radius 3 is 2.58 bits per heavy atom. The Hall–Kier alpha value is -1.13. The maximum absolute atomic E-state index is 12.9. The summed E-state index contributed by atoms with van der Waals surface area (Å²) in [6.07, 6.45) is 3.97. The zero-order valence-corrected chi connectivity index (χ0v) is 11.0. The molecule has 2 aliphatic heterocycles. The second-order valence-corrected chi connectivity index (χ2v) is 5.48. The van der Waals surface area contributed by atoms with Crippen molar-refractivity contribution in [1.29, 1.82) is 0 Å². The molecule has 1 aromatic rings. The molecule has 4 heteroatoms. The Labute approximate surface area is 113 Å². The Bertz CT molecular complexity index is 409. The number of rotatable bonds is 2. The van der Waals surface area contributed by atoms with Crippen LogP contribution in [-0.4, -0.2) is 31.5 Å². The van der Waals surface area contributed by atoms with Crippen molar-refractivity contribution in [3.05, 3.63) is 30.1 Å². The molecular weight excluding hydrogens is 245 g/mol. The van der Waals surface area contributed by atoms with Crippen LogP contribution in [0.4, 0.5) is 10.1 Å². The number of anilines is 1. The van der Waals surface area contributed by atoms with Crippen LogP contribution in [0.25, 0.3) is 0 Å². The van der Waals surface area contributed by atoms with Gasteiger partial charge in [-0.05, 0) is 49.9 Å². The van der Waals surface area contributed by atoms with Crippen LogP contribution in [0.1, 0.15) is 25.7 Å². The Morgan fingerprint density at radius 2 is 1.84 bits per heavy atom. The van der Waals surface area contributed by atoms with E-state index in [9.17, 15) is 4.39 Å². The van der Waals surface area contributed by atoms with Gasteiger partial charge in [-0.3, -0.25) is 0 Å². The topological polar surface area (TPSA) is 30.5 Å². The zero-order chi connectivity index (χ0) is 13.1. The Morgan fingerprint density at radius 1 is 1.11 bits per heavy atom. The van der Waals surface area contributed by atoms with Gasteiger partial charge in [-0.1, -0.05) is 0 Å². The third-order valence-electron chi connectivity index (χ3n) is 4.11. The molecule has 2 heterocycles. The molecule has 0 radical (unpaired) electrons. The standard InChI is InChI=1S/C15H20FNO2/c16-12-1-3-13(4-2-12)17-14-5-8-19-15(11-14)6-9-18-10-7-15/h1-4,14,17H,5-11H2. The largest absolute Gasteiger partial charge is 0.382 e. The third kappa shape index (κ3) is 3.07. The highest BCUT2D eigenvalue weighted by Crippen LogP contribution is 2.35. The van der Waals surface area contributed by atoms with Crippen molar-refractivity contribution in [1.82, 2.24) is 0 Å². The van der Waals surface area contributed by atoms with Crippen molar-refractivity contribution >= 4 is 5.69 Å². The molecule has 0 aromatic heterocycles. The molecule has 1 unspecified atom stereocenters. The second-order valence-electron chi connectivity index (χ2n) is 5.48. The summed E-state index contributed by atoms with van der Waals surface area (Å²) >= 11 is 0. The maximum atomic E-state index is 12.9. The third-order valence-corrected chi connectivity index (χ3v) is 4.11. The molecule has 3 rings (SSSR count). The van der Waals surface area contributed by atoms with Crippen LogP contribution < -0.4 is 5.32 Å². The van der Waals surface area contributed by atoms with Gasteiger partial charge in [-0.2, -0.15) is 0 Å². The normalized spacial score (nSPS) is 26.3. The lowest BCUT2D eigenvalue weighted by atomic mass is 9.84. The number of hydrogen-bond acceptors (Lipinski definition) is 3. The van der Waals surface area contributed by atoms with Crippen molar-refractivity contribution in [3.8, 4) is 0 Å². The predicted octanol–water partition coefficient (Wildman–Crippen LogP) is 2.97.